The topological polar surface area (TPSA) is 35.6 Å². The molecule has 1 rings (SSSR count). The molecule has 106 valence electrons. The van der Waals surface area contributed by atoms with Crippen molar-refractivity contribution in [3.63, 3.8) is 0 Å². The Morgan fingerprint density at radius 1 is 1.44 bits per heavy atom. The van der Waals surface area contributed by atoms with Gasteiger partial charge in [-0.1, -0.05) is 13.3 Å². The van der Waals surface area contributed by atoms with Crippen molar-refractivity contribution in [2.24, 2.45) is 5.92 Å². The summed E-state index contributed by atoms with van der Waals surface area (Å²) in [5.74, 6) is 0.642. The molecular formula is C14H29N3O. The fraction of sp³-hybridized carbons (Fsp3) is 0.929. The Kier molecular flexibility index (Phi) is 6.47. The summed E-state index contributed by atoms with van der Waals surface area (Å²) in [5, 5.41) is 2.99. The minimum absolute atomic E-state index is 0.0786. The van der Waals surface area contributed by atoms with Crippen molar-refractivity contribution in [3.8, 4) is 0 Å². The van der Waals surface area contributed by atoms with Crippen LogP contribution in [-0.4, -0.2) is 55.6 Å². The standard InChI is InChI=1S/C14H29N3O/c1-5-6-9-15-14(18)17(4)12(2)13-7-10-16(3)11-8-13/h12-13H,5-11H2,1-4H3,(H,15,18)/t12-/m0/s1. The Labute approximate surface area is 112 Å². The van der Waals surface area contributed by atoms with Crippen LogP contribution in [0.3, 0.4) is 0 Å². The summed E-state index contributed by atoms with van der Waals surface area (Å²) in [6, 6.07) is 0.412. The monoisotopic (exact) mass is 255 g/mol. The predicted octanol–water partition coefficient (Wildman–Crippen LogP) is 2.16. The largest absolute Gasteiger partial charge is 0.338 e. The van der Waals surface area contributed by atoms with E-state index >= 15 is 0 Å². The number of unbranched alkanes of at least 4 members (excludes halogenated alkanes) is 1. The number of nitrogens with zero attached hydrogens (tertiary/aromatic N) is 2. The number of likely N-dealkylation sites (tertiary alicyclic amines) is 1. The molecule has 0 aliphatic carbocycles. The second kappa shape index (κ2) is 7.62. The number of carbonyl (C=O) groups excluding carboxylic acids is 1. The van der Waals surface area contributed by atoms with Crippen LogP contribution in [0.2, 0.25) is 0 Å². The number of amides is 2. The maximum atomic E-state index is 12.0. The highest BCUT2D eigenvalue weighted by atomic mass is 16.2. The van der Waals surface area contributed by atoms with Gasteiger partial charge in [-0.2, -0.15) is 0 Å². The summed E-state index contributed by atoms with van der Waals surface area (Å²) in [7, 11) is 4.09. The molecule has 0 aromatic heterocycles. The molecule has 1 aliphatic heterocycles. The van der Waals surface area contributed by atoms with Crippen LogP contribution in [0.1, 0.15) is 39.5 Å². The van der Waals surface area contributed by atoms with Crippen LogP contribution < -0.4 is 5.32 Å². The molecule has 4 nitrogen and oxygen atoms in total. The lowest BCUT2D eigenvalue weighted by Crippen LogP contribution is -2.47. The molecule has 1 atom stereocenters. The van der Waals surface area contributed by atoms with E-state index in [1.54, 1.807) is 0 Å². The molecule has 0 unspecified atom stereocenters. The summed E-state index contributed by atoms with van der Waals surface area (Å²) < 4.78 is 0. The Morgan fingerprint density at radius 2 is 2.06 bits per heavy atom. The number of rotatable bonds is 5. The third-order valence-corrected chi connectivity index (χ3v) is 4.18. The molecule has 18 heavy (non-hydrogen) atoms. The molecule has 0 radical (unpaired) electrons. The second-order valence-electron chi connectivity index (χ2n) is 5.58. The lowest BCUT2D eigenvalue weighted by Gasteiger charge is -2.37. The van der Waals surface area contributed by atoms with Gasteiger partial charge in [-0.05, 0) is 52.2 Å². The highest BCUT2D eigenvalue weighted by Gasteiger charge is 2.26. The molecule has 0 bridgehead atoms. The number of piperidine rings is 1. The van der Waals surface area contributed by atoms with Crippen LogP contribution in [-0.2, 0) is 0 Å². The summed E-state index contributed by atoms with van der Waals surface area (Å²) in [5.41, 5.74) is 0. The van der Waals surface area contributed by atoms with Crippen molar-refractivity contribution in [2.45, 2.75) is 45.6 Å². The Morgan fingerprint density at radius 3 is 2.61 bits per heavy atom. The fourth-order valence-corrected chi connectivity index (χ4v) is 2.51. The van der Waals surface area contributed by atoms with E-state index in [4.69, 9.17) is 0 Å². The zero-order valence-electron chi connectivity index (χ0n) is 12.4. The average Bonchev–Trinajstić information content (AvgIpc) is 2.38. The number of urea groups is 1. The van der Waals surface area contributed by atoms with Crippen molar-refractivity contribution >= 4 is 6.03 Å². The highest BCUT2D eigenvalue weighted by molar-refractivity contribution is 5.74. The summed E-state index contributed by atoms with van der Waals surface area (Å²) in [6.07, 6.45) is 4.57. The van der Waals surface area contributed by atoms with E-state index in [0.29, 0.717) is 12.0 Å². The lowest BCUT2D eigenvalue weighted by molar-refractivity contribution is 0.132. The maximum absolute atomic E-state index is 12.0. The molecule has 1 N–H and O–H groups in total. The highest BCUT2D eigenvalue weighted by Crippen LogP contribution is 2.22. The van der Waals surface area contributed by atoms with Crippen LogP contribution >= 0.6 is 0 Å². The van der Waals surface area contributed by atoms with Gasteiger partial charge >= 0.3 is 6.03 Å². The molecule has 0 saturated carbocycles. The van der Waals surface area contributed by atoms with Crippen LogP contribution in [0.4, 0.5) is 4.79 Å². The first kappa shape index (κ1) is 15.3. The number of hydrogen-bond donors (Lipinski definition) is 1. The average molecular weight is 255 g/mol. The van der Waals surface area contributed by atoms with Crippen LogP contribution in [0.5, 0.6) is 0 Å². The lowest BCUT2D eigenvalue weighted by atomic mass is 9.90. The molecule has 1 fully saturated rings. The quantitative estimate of drug-likeness (QED) is 0.764. The van der Waals surface area contributed by atoms with Gasteiger partial charge in [0.2, 0.25) is 0 Å². The normalized spacial score (nSPS) is 19.6. The molecule has 0 aromatic rings. The van der Waals surface area contributed by atoms with Gasteiger partial charge in [-0.25, -0.2) is 4.79 Å². The number of carbonyl (C=O) groups is 1. The minimum Gasteiger partial charge on any atom is -0.338 e. The number of nitrogens with one attached hydrogen (secondary N) is 1. The number of hydrogen-bond acceptors (Lipinski definition) is 2. The molecule has 4 heteroatoms. The van der Waals surface area contributed by atoms with Gasteiger partial charge in [0.15, 0.2) is 0 Å². The zero-order valence-corrected chi connectivity index (χ0v) is 12.4. The van der Waals surface area contributed by atoms with Gasteiger partial charge in [0.05, 0.1) is 0 Å². The first-order valence-electron chi connectivity index (χ1n) is 7.25. The predicted molar refractivity (Wildman–Crippen MR) is 75.8 cm³/mol. The van der Waals surface area contributed by atoms with Crippen molar-refractivity contribution < 1.29 is 4.79 Å². The molecule has 2 amide bonds. The van der Waals surface area contributed by atoms with E-state index in [2.05, 4.69) is 31.1 Å². The van der Waals surface area contributed by atoms with Gasteiger partial charge in [-0.3, -0.25) is 0 Å². The first-order valence-corrected chi connectivity index (χ1v) is 7.25. The van der Waals surface area contributed by atoms with E-state index in [1.807, 2.05) is 11.9 Å². The molecular weight excluding hydrogens is 226 g/mol. The van der Waals surface area contributed by atoms with Crippen molar-refractivity contribution in [1.29, 1.82) is 0 Å². The van der Waals surface area contributed by atoms with Gasteiger partial charge < -0.3 is 15.1 Å². The van der Waals surface area contributed by atoms with Crippen LogP contribution in [0.25, 0.3) is 0 Å². The molecule has 0 aromatic carbocycles. The molecule has 1 saturated heterocycles. The maximum Gasteiger partial charge on any atom is 0.317 e. The van der Waals surface area contributed by atoms with Crippen molar-refractivity contribution in [3.05, 3.63) is 0 Å². The SMILES string of the molecule is CCCCNC(=O)N(C)[C@@H](C)C1CCN(C)CC1. The van der Waals surface area contributed by atoms with Crippen LogP contribution in [0, 0.1) is 5.92 Å². The van der Waals surface area contributed by atoms with E-state index in [0.717, 1.165) is 32.5 Å². The van der Waals surface area contributed by atoms with Gasteiger partial charge in [0.1, 0.15) is 0 Å². The first-order chi connectivity index (χ1) is 8.56. The second-order valence-corrected chi connectivity index (χ2v) is 5.58. The summed E-state index contributed by atoms with van der Waals surface area (Å²) in [4.78, 5) is 16.2. The fourth-order valence-electron chi connectivity index (χ4n) is 2.51. The molecule has 0 spiro atoms. The van der Waals surface area contributed by atoms with E-state index in [-0.39, 0.29) is 6.03 Å². The molecule has 1 aliphatic rings. The van der Waals surface area contributed by atoms with Gasteiger partial charge in [0.25, 0.3) is 0 Å². The third kappa shape index (κ3) is 4.48. The summed E-state index contributed by atoms with van der Waals surface area (Å²) in [6.45, 7) is 7.41. The Bertz CT molecular complexity index is 249. The zero-order chi connectivity index (χ0) is 13.5. The van der Waals surface area contributed by atoms with Gasteiger partial charge in [0, 0.05) is 19.6 Å². The Hall–Kier alpha value is -0.770. The van der Waals surface area contributed by atoms with Gasteiger partial charge in [-0.15, -0.1) is 0 Å². The van der Waals surface area contributed by atoms with E-state index in [1.165, 1.54) is 12.8 Å². The van der Waals surface area contributed by atoms with Crippen LogP contribution in [0.15, 0.2) is 0 Å². The third-order valence-electron chi connectivity index (χ3n) is 4.18. The van der Waals surface area contributed by atoms with Crippen molar-refractivity contribution in [2.75, 3.05) is 33.7 Å². The van der Waals surface area contributed by atoms with E-state index in [9.17, 15) is 4.79 Å². The van der Waals surface area contributed by atoms with Crippen molar-refractivity contribution in [1.82, 2.24) is 15.1 Å². The smallest absolute Gasteiger partial charge is 0.317 e. The minimum atomic E-state index is 0.0786. The van der Waals surface area contributed by atoms with E-state index < -0.39 is 0 Å². The summed E-state index contributed by atoms with van der Waals surface area (Å²) >= 11 is 0. The Balaban J connectivity index is 2.35. The molecule has 1 heterocycles.